The van der Waals surface area contributed by atoms with Crippen molar-refractivity contribution in [1.82, 2.24) is 0 Å². The van der Waals surface area contributed by atoms with E-state index in [2.05, 4.69) is 16.8 Å². The quantitative estimate of drug-likeness (QED) is 0.303. The number of rotatable bonds is 12. The van der Waals surface area contributed by atoms with Crippen molar-refractivity contribution < 1.29 is 39.3 Å². The molecule has 8 heteroatoms. The molecule has 1 N–H and O–H groups in total. The van der Waals surface area contributed by atoms with Gasteiger partial charge in [-0.2, -0.15) is 4.89 Å². The number of carbonyl (C=O) groups excluding carboxylic acids is 1. The van der Waals surface area contributed by atoms with Crippen molar-refractivity contribution >= 4 is 11.9 Å². The van der Waals surface area contributed by atoms with E-state index in [-0.39, 0.29) is 11.9 Å². The number of carbonyl (C=O) groups is 2. The first-order valence-electron chi connectivity index (χ1n) is 10.8. The Kier molecular flexibility index (Phi) is 15.2. The summed E-state index contributed by atoms with van der Waals surface area (Å²) in [5, 5.41) is 13.5. The van der Waals surface area contributed by atoms with Gasteiger partial charge in [0.2, 0.25) is 0 Å². The molecule has 0 aliphatic rings. The highest BCUT2D eigenvalue weighted by Gasteiger charge is 2.39. The summed E-state index contributed by atoms with van der Waals surface area (Å²) in [6.45, 7) is 18.5. The zero-order chi connectivity index (χ0) is 24.0. The van der Waals surface area contributed by atoms with E-state index >= 15 is 0 Å². The molecule has 0 radical (unpaired) electrons. The van der Waals surface area contributed by atoms with Crippen molar-refractivity contribution in [3.8, 4) is 0 Å². The molecule has 0 saturated heterocycles. The van der Waals surface area contributed by atoms with Gasteiger partial charge < -0.3 is 5.11 Å². The number of hydrogen-bond acceptors (Lipinski definition) is 7. The molecule has 8 nitrogen and oxygen atoms in total. The summed E-state index contributed by atoms with van der Waals surface area (Å²) in [6, 6.07) is 0. The van der Waals surface area contributed by atoms with Crippen LogP contribution in [0.4, 0.5) is 0 Å². The molecule has 180 valence electrons. The van der Waals surface area contributed by atoms with Gasteiger partial charge in [-0.1, -0.05) is 40.5 Å². The molecule has 0 aromatic carbocycles. The van der Waals surface area contributed by atoms with E-state index in [1.165, 1.54) is 0 Å². The van der Waals surface area contributed by atoms with Crippen LogP contribution in [-0.4, -0.2) is 33.8 Å². The Labute approximate surface area is 182 Å². The SMILES string of the molecule is CCC(CC)(OOC(C)(C)C)C(=O)O.CCCCC(CC)C(=O)OOOC(C)(C)C. The lowest BCUT2D eigenvalue weighted by atomic mass is 9.98. The van der Waals surface area contributed by atoms with Gasteiger partial charge in [-0.25, -0.2) is 19.4 Å². The van der Waals surface area contributed by atoms with Gasteiger partial charge in [0.1, 0.15) is 0 Å². The standard InChI is InChI=1S/C12H24O4.C10H20O4/c1-6-8-9-10(7-2)11(13)14-16-15-12(3,4)5;1-6-10(7-2,8(11)12)14-13-9(3,4)5/h10H,6-9H2,1-5H3;6-7H2,1-5H3,(H,11,12). The lowest BCUT2D eigenvalue weighted by Crippen LogP contribution is -2.42. The first-order chi connectivity index (χ1) is 13.7. The molecule has 30 heavy (non-hydrogen) atoms. The normalized spacial score (nSPS) is 13.3. The molecule has 0 spiro atoms. The summed E-state index contributed by atoms with van der Waals surface area (Å²) in [6.07, 6.45) is 4.46. The van der Waals surface area contributed by atoms with E-state index in [0.29, 0.717) is 12.8 Å². The zero-order valence-corrected chi connectivity index (χ0v) is 20.6. The highest BCUT2D eigenvalue weighted by atomic mass is 17.5. The Morgan fingerprint density at radius 3 is 1.67 bits per heavy atom. The van der Waals surface area contributed by atoms with Gasteiger partial charge in [-0.05, 0) is 72.3 Å². The molecule has 0 heterocycles. The molecule has 0 bridgehead atoms. The van der Waals surface area contributed by atoms with Gasteiger partial charge in [0.05, 0.1) is 17.1 Å². The van der Waals surface area contributed by atoms with E-state index in [1.54, 1.807) is 13.8 Å². The summed E-state index contributed by atoms with van der Waals surface area (Å²) in [5.41, 5.74) is -2.19. The molecule has 0 aromatic rings. The zero-order valence-electron chi connectivity index (χ0n) is 20.6. The average molecular weight is 437 g/mol. The van der Waals surface area contributed by atoms with Gasteiger partial charge in [0, 0.05) is 0 Å². The maximum absolute atomic E-state index is 11.5. The minimum absolute atomic E-state index is 0.0940. The van der Waals surface area contributed by atoms with Gasteiger partial charge in [-0.3, -0.25) is 4.89 Å². The third-order valence-electron chi connectivity index (χ3n) is 4.12. The van der Waals surface area contributed by atoms with Crippen LogP contribution in [0.25, 0.3) is 0 Å². The summed E-state index contributed by atoms with van der Waals surface area (Å²) in [7, 11) is 0. The van der Waals surface area contributed by atoms with Crippen LogP contribution < -0.4 is 0 Å². The van der Waals surface area contributed by atoms with Crippen LogP contribution in [-0.2, 0) is 34.2 Å². The van der Waals surface area contributed by atoms with Gasteiger partial charge >= 0.3 is 11.9 Å². The second kappa shape index (κ2) is 14.7. The topological polar surface area (TPSA) is 101 Å². The molecular formula is C22H44O8. The number of hydrogen-bond donors (Lipinski definition) is 1. The van der Waals surface area contributed by atoms with Crippen LogP contribution in [0.15, 0.2) is 0 Å². The Bertz CT molecular complexity index is 473. The maximum Gasteiger partial charge on any atom is 0.348 e. The van der Waals surface area contributed by atoms with Crippen LogP contribution in [0, 0.1) is 5.92 Å². The molecule has 1 unspecified atom stereocenters. The fourth-order valence-electron chi connectivity index (χ4n) is 2.07. The Morgan fingerprint density at radius 1 is 0.833 bits per heavy atom. The highest BCUT2D eigenvalue weighted by Crippen LogP contribution is 2.24. The second-order valence-corrected chi connectivity index (χ2v) is 9.20. The average Bonchev–Trinajstić information content (AvgIpc) is 2.62. The predicted octanol–water partition coefficient (Wildman–Crippen LogP) is 5.78. The number of carboxylic acid groups (broad SMARTS) is 1. The summed E-state index contributed by atoms with van der Waals surface area (Å²) in [5.74, 6) is -1.42. The largest absolute Gasteiger partial charge is 0.479 e. The molecule has 0 aliphatic heterocycles. The molecule has 0 saturated carbocycles. The second-order valence-electron chi connectivity index (χ2n) is 9.20. The van der Waals surface area contributed by atoms with Crippen LogP contribution >= 0.6 is 0 Å². The van der Waals surface area contributed by atoms with E-state index in [4.69, 9.17) is 19.8 Å². The fraction of sp³-hybridized carbons (Fsp3) is 0.909. The monoisotopic (exact) mass is 436 g/mol. The van der Waals surface area contributed by atoms with Crippen molar-refractivity contribution in [3.05, 3.63) is 0 Å². The summed E-state index contributed by atoms with van der Waals surface area (Å²) < 4.78 is 0. The fourth-order valence-corrected chi connectivity index (χ4v) is 2.07. The van der Waals surface area contributed by atoms with Crippen LogP contribution in [0.3, 0.4) is 0 Å². The molecule has 0 fully saturated rings. The van der Waals surface area contributed by atoms with Crippen LogP contribution in [0.5, 0.6) is 0 Å². The third kappa shape index (κ3) is 14.7. The van der Waals surface area contributed by atoms with E-state index in [9.17, 15) is 9.59 Å². The lowest BCUT2D eigenvalue weighted by Gasteiger charge is -2.29. The van der Waals surface area contributed by atoms with E-state index in [1.807, 2.05) is 48.5 Å². The van der Waals surface area contributed by atoms with Gasteiger partial charge in [0.15, 0.2) is 5.60 Å². The third-order valence-corrected chi connectivity index (χ3v) is 4.12. The van der Waals surface area contributed by atoms with Crippen molar-refractivity contribution in [2.24, 2.45) is 5.92 Å². The van der Waals surface area contributed by atoms with Crippen molar-refractivity contribution in [3.63, 3.8) is 0 Å². The Hall–Kier alpha value is -1.22. The maximum atomic E-state index is 11.5. The molecular weight excluding hydrogens is 392 g/mol. The van der Waals surface area contributed by atoms with Gasteiger partial charge in [0.25, 0.3) is 0 Å². The molecule has 1 atom stereocenters. The molecule has 0 rings (SSSR count). The Balaban J connectivity index is 0. The van der Waals surface area contributed by atoms with Crippen molar-refractivity contribution in [2.45, 2.75) is 125 Å². The van der Waals surface area contributed by atoms with Crippen molar-refractivity contribution in [2.75, 3.05) is 0 Å². The predicted molar refractivity (Wildman–Crippen MR) is 114 cm³/mol. The van der Waals surface area contributed by atoms with Crippen LogP contribution in [0.1, 0.15) is 108 Å². The molecule has 0 aromatic heterocycles. The molecule has 0 amide bonds. The smallest absolute Gasteiger partial charge is 0.348 e. The molecule has 0 aliphatic carbocycles. The highest BCUT2D eigenvalue weighted by molar-refractivity contribution is 5.77. The summed E-state index contributed by atoms with van der Waals surface area (Å²) in [4.78, 5) is 42.1. The number of aliphatic carboxylic acids is 1. The number of unbranched alkanes of at least 4 members (excludes halogenated alkanes) is 1. The Morgan fingerprint density at radius 2 is 1.33 bits per heavy atom. The first kappa shape index (κ1) is 31.0. The van der Waals surface area contributed by atoms with Crippen LogP contribution in [0.2, 0.25) is 0 Å². The van der Waals surface area contributed by atoms with Gasteiger partial charge in [-0.15, -0.1) is 0 Å². The minimum atomic E-state index is -1.21. The van der Waals surface area contributed by atoms with E-state index in [0.717, 1.165) is 25.7 Å². The van der Waals surface area contributed by atoms with Crippen molar-refractivity contribution in [1.29, 1.82) is 0 Å². The van der Waals surface area contributed by atoms with E-state index < -0.39 is 22.8 Å². The lowest BCUT2D eigenvalue weighted by molar-refractivity contribution is -0.515. The number of carboxylic acids is 1. The minimum Gasteiger partial charge on any atom is -0.479 e. The summed E-state index contributed by atoms with van der Waals surface area (Å²) >= 11 is 0. The first-order valence-corrected chi connectivity index (χ1v) is 10.8.